The molecule has 1 heterocycles. The third kappa shape index (κ3) is 3.89. The predicted octanol–water partition coefficient (Wildman–Crippen LogP) is 0.114. The first-order chi connectivity index (χ1) is 8.78. The smallest absolute Gasteiger partial charge is 0.137 e. The second kappa shape index (κ2) is 6.61. The summed E-state index contributed by atoms with van der Waals surface area (Å²) >= 11 is 0. The van der Waals surface area contributed by atoms with Gasteiger partial charge in [-0.25, -0.2) is 0 Å². The molecule has 1 saturated heterocycles. The van der Waals surface area contributed by atoms with E-state index in [1.807, 2.05) is 24.3 Å². The Kier molecular flexibility index (Phi) is 4.84. The van der Waals surface area contributed by atoms with E-state index < -0.39 is 0 Å². The van der Waals surface area contributed by atoms with Crippen molar-refractivity contribution in [3.63, 3.8) is 0 Å². The minimum absolute atomic E-state index is 0.357. The molecule has 1 fully saturated rings. The standard InChI is InChI=1S/C14H21NO3/c1-17-13-4-6-14(7-5-13)18-11-12(16)10-15-8-2-3-9-15/h4-7,12,16H,2-3,8-11H2,1H3/p+1/t12-/m0/s1. The van der Waals surface area contributed by atoms with Crippen LogP contribution in [0, 0.1) is 0 Å². The monoisotopic (exact) mass is 252 g/mol. The van der Waals surface area contributed by atoms with Gasteiger partial charge in [0, 0.05) is 12.8 Å². The van der Waals surface area contributed by atoms with E-state index in [2.05, 4.69) is 0 Å². The summed E-state index contributed by atoms with van der Waals surface area (Å²) in [4.78, 5) is 1.49. The molecule has 2 N–H and O–H groups in total. The molecule has 1 aliphatic rings. The lowest BCUT2D eigenvalue weighted by Crippen LogP contribution is -3.11. The quantitative estimate of drug-likeness (QED) is 0.755. The first-order valence-electron chi connectivity index (χ1n) is 6.56. The van der Waals surface area contributed by atoms with Gasteiger partial charge in [0.1, 0.15) is 30.8 Å². The van der Waals surface area contributed by atoms with Crippen LogP contribution in [0.5, 0.6) is 11.5 Å². The van der Waals surface area contributed by atoms with Crippen LogP contribution in [0.15, 0.2) is 24.3 Å². The molecular formula is C14H22NO3+. The van der Waals surface area contributed by atoms with Gasteiger partial charge in [-0.05, 0) is 24.3 Å². The summed E-state index contributed by atoms with van der Waals surface area (Å²) in [6, 6.07) is 7.42. The summed E-state index contributed by atoms with van der Waals surface area (Å²) in [5, 5.41) is 9.90. The second-order valence-electron chi connectivity index (χ2n) is 4.80. The minimum Gasteiger partial charge on any atom is -0.497 e. The van der Waals surface area contributed by atoms with Crippen molar-refractivity contribution in [2.75, 3.05) is 33.4 Å². The van der Waals surface area contributed by atoms with Crippen LogP contribution in [0.4, 0.5) is 0 Å². The van der Waals surface area contributed by atoms with Crippen LogP contribution in [-0.4, -0.2) is 44.6 Å². The van der Waals surface area contributed by atoms with Crippen LogP contribution in [0.25, 0.3) is 0 Å². The van der Waals surface area contributed by atoms with Gasteiger partial charge in [0.25, 0.3) is 0 Å². The predicted molar refractivity (Wildman–Crippen MR) is 69.3 cm³/mol. The highest BCUT2D eigenvalue weighted by Crippen LogP contribution is 2.16. The summed E-state index contributed by atoms with van der Waals surface area (Å²) in [6.45, 7) is 3.51. The molecule has 0 unspecified atom stereocenters. The summed E-state index contributed by atoms with van der Waals surface area (Å²) < 4.78 is 10.6. The van der Waals surface area contributed by atoms with Crippen LogP contribution in [0.3, 0.4) is 0 Å². The van der Waals surface area contributed by atoms with Gasteiger partial charge in [-0.3, -0.25) is 0 Å². The van der Waals surface area contributed by atoms with Gasteiger partial charge in [0.15, 0.2) is 0 Å². The molecule has 100 valence electrons. The van der Waals surface area contributed by atoms with E-state index in [0.29, 0.717) is 6.61 Å². The number of ether oxygens (including phenoxy) is 2. The molecule has 1 atom stereocenters. The Bertz CT molecular complexity index is 347. The molecule has 0 aromatic heterocycles. The topological polar surface area (TPSA) is 43.1 Å². The summed E-state index contributed by atoms with van der Waals surface area (Å²) in [6.07, 6.45) is 2.17. The van der Waals surface area contributed by atoms with Crippen molar-refractivity contribution in [3.05, 3.63) is 24.3 Å². The fraction of sp³-hybridized carbons (Fsp3) is 0.571. The molecule has 1 aromatic carbocycles. The molecule has 0 bridgehead atoms. The van der Waals surface area contributed by atoms with Crippen LogP contribution in [0.2, 0.25) is 0 Å². The maximum Gasteiger partial charge on any atom is 0.137 e. The number of aliphatic hydroxyl groups is 1. The zero-order valence-electron chi connectivity index (χ0n) is 10.9. The highest BCUT2D eigenvalue weighted by molar-refractivity contribution is 5.31. The van der Waals surface area contributed by atoms with E-state index in [4.69, 9.17) is 9.47 Å². The van der Waals surface area contributed by atoms with Crippen molar-refractivity contribution in [1.29, 1.82) is 0 Å². The fourth-order valence-electron chi connectivity index (χ4n) is 2.34. The van der Waals surface area contributed by atoms with E-state index in [1.165, 1.54) is 30.8 Å². The van der Waals surface area contributed by atoms with E-state index in [0.717, 1.165) is 18.0 Å². The highest BCUT2D eigenvalue weighted by Gasteiger charge is 2.19. The highest BCUT2D eigenvalue weighted by atomic mass is 16.5. The molecule has 18 heavy (non-hydrogen) atoms. The Morgan fingerprint density at radius 1 is 1.17 bits per heavy atom. The molecule has 4 nitrogen and oxygen atoms in total. The van der Waals surface area contributed by atoms with Crippen molar-refractivity contribution in [2.45, 2.75) is 18.9 Å². The molecular weight excluding hydrogens is 230 g/mol. The largest absolute Gasteiger partial charge is 0.497 e. The first-order valence-corrected chi connectivity index (χ1v) is 6.56. The minimum atomic E-state index is -0.389. The Morgan fingerprint density at radius 3 is 2.39 bits per heavy atom. The van der Waals surface area contributed by atoms with Gasteiger partial charge in [-0.15, -0.1) is 0 Å². The van der Waals surface area contributed by atoms with Gasteiger partial charge < -0.3 is 19.5 Å². The van der Waals surface area contributed by atoms with Crippen LogP contribution >= 0.6 is 0 Å². The van der Waals surface area contributed by atoms with Gasteiger partial charge in [0.05, 0.1) is 20.2 Å². The molecule has 0 radical (unpaired) electrons. The molecule has 4 heteroatoms. The zero-order valence-corrected chi connectivity index (χ0v) is 10.9. The number of nitrogens with one attached hydrogen (secondary N) is 1. The molecule has 0 saturated carbocycles. The van der Waals surface area contributed by atoms with Crippen LogP contribution < -0.4 is 14.4 Å². The molecule has 1 aromatic rings. The summed E-state index contributed by atoms with van der Waals surface area (Å²) in [5.74, 6) is 1.58. The lowest BCUT2D eigenvalue weighted by atomic mass is 10.3. The number of likely N-dealkylation sites (tertiary alicyclic amines) is 1. The van der Waals surface area contributed by atoms with Gasteiger partial charge in [-0.2, -0.15) is 0 Å². The van der Waals surface area contributed by atoms with E-state index >= 15 is 0 Å². The van der Waals surface area contributed by atoms with Crippen LogP contribution in [-0.2, 0) is 0 Å². The van der Waals surface area contributed by atoms with Gasteiger partial charge in [0.2, 0.25) is 0 Å². The lowest BCUT2D eigenvalue weighted by molar-refractivity contribution is -0.890. The molecule has 1 aliphatic heterocycles. The Morgan fingerprint density at radius 2 is 1.78 bits per heavy atom. The SMILES string of the molecule is COc1ccc(OC[C@@H](O)C[NH+]2CCCC2)cc1. The normalized spacial score (nSPS) is 17.7. The maximum atomic E-state index is 9.90. The molecule has 0 aliphatic carbocycles. The number of methoxy groups -OCH3 is 1. The molecule has 2 rings (SSSR count). The van der Waals surface area contributed by atoms with Crippen molar-refractivity contribution in [2.24, 2.45) is 0 Å². The third-order valence-corrected chi connectivity index (χ3v) is 3.34. The van der Waals surface area contributed by atoms with Crippen molar-refractivity contribution in [3.8, 4) is 11.5 Å². The fourth-order valence-corrected chi connectivity index (χ4v) is 2.34. The number of hydrogen-bond donors (Lipinski definition) is 2. The zero-order chi connectivity index (χ0) is 12.8. The van der Waals surface area contributed by atoms with E-state index in [1.54, 1.807) is 7.11 Å². The number of aliphatic hydroxyl groups excluding tert-OH is 1. The summed E-state index contributed by atoms with van der Waals surface area (Å²) in [5.41, 5.74) is 0. The first kappa shape index (κ1) is 13.2. The van der Waals surface area contributed by atoms with Crippen molar-refractivity contribution in [1.82, 2.24) is 0 Å². The molecule has 0 amide bonds. The summed E-state index contributed by atoms with van der Waals surface area (Å²) in [7, 11) is 1.64. The third-order valence-electron chi connectivity index (χ3n) is 3.34. The van der Waals surface area contributed by atoms with Gasteiger partial charge >= 0.3 is 0 Å². The second-order valence-corrected chi connectivity index (χ2v) is 4.80. The average molecular weight is 252 g/mol. The lowest BCUT2D eigenvalue weighted by Gasteiger charge is -2.17. The Hall–Kier alpha value is -1.26. The van der Waals surface area contributed by atoms with Crippen molar-refractivity contribution < 1.29 is 19.5 Å². The van der Waals surface area contributed by atoms with Crippen molar-refractivity contribution >= 4 is 0 Å². The van der Waals surface area contributed by atoms with Crippen LogP contribution in [0.1, 0.15) is 12.8 Å². The maximum absolute atomic E-state index is 9.90. The molecule has 0 spiro atoms. The number of benzene rings is 1. The van der Waals surface area contributed by atoms with Gasteiger partial charge in [-0.1, -0.05) is 0 Å². The Labute approximate surface area is 108 Å². The van der Waals surface area contributed by atoms with E-state index in [-0.39, 0.29) is 6.10 Å². The average Bonchev–Trinajstić information content (AvgIpc) is 2.90. The Balaban J connectivity index is 1.72. The number of quaternary nitrogens is 1. The number of rotatable bonds is 6. The van der Waals surface area contributed by atoms with E-state index in [9.17, 15) is 5.11 Å². The number of hydrogen-bond acceptors (Lipinski definition) is 3.